The number of amidine groups is 1. The normalized spacial score (nSPS) is 20.1. The van der Waals surface area contributed by atoms with Gasteiger partial charge in [0.2, 0.25) is 0 Å². The van der Waals surface area contributed by atoms with Crippen LogP contribution in [0.3, 0.4) is 0 Å². The molecule has 3 nitrogen and oxygen atoms in total. The fourth-order valence-corrected chi connectivity index (χ4v) is 3.81. The number of likely N-dealkylation sites (tertiary alicyclic amines) is 1. The zero-order valence-corrected chi connectivity index (χ0v) is 17.1. The van der Waals surface area contributed by atoms with Crippen LogP contribution in [-0.2, 0) is 10.2 Å². The number of nitrogens with zero attached hydrogens (tertiary/aromatic N) is 2. The molecule has 1 aromatic carbocycles. The van der Waals surface area contributed by atoms with Gasteiger partial charge in [-0.05, 0) is 53.6 Å². The summed E-state index contributed by atoms with van der Waals surface area (Å²) in [4.78, 5) is 19.4. The lowest BCUT2D eigenvalue weighted by Crippen LogP contribution is -2.33. The van der Waals surface area contributed by atoms with Gasteiger partial charge in [-0.3, -0.25) is 4.79 Å². The van der Waals surface area contributed by atoms with Crippen LogP contribution >= 0.6 is 28.7 Å². The average Bonchev–Trinajstić information content (AvgIpc) is 2.89. The van der Waals surface area contributed by atoms with Crippen LogP contribution in [0.15, 0.2) is 34.2 Å². The van der Waals surface area contributed by atoms with Crippen LogP contribution in [0.2, 0.25) is 0 Å². The summed E-state index contributed by atoms with van der Waals surface area (Å²) < 4.78 is 0. The molecule has 2 aliphatic heterocycles. The van der Waals surface area contributed by atoms with Crippen molar-refractivity contribution in [3.05, 3.63) is 40.3 Å². The summed E-state index contributed by atoms with van der Waals surface area (Å²) in [6.45, 7) is 8.65. The van der Waals surface area contributed by atoms with E-state index in [0.717, 1.165) is 28.7 Å². The highest BCUT2D eigenvalue weighted by atomic mass is 79.9. The molecule has 0 saturated carbocycles. The van der Waals surface area contributed by atoms with Gasteiger partial charge in [-0.2, -0.15) is 4.99 Å². The number of benzene rings is 1. The molecule has 0 aliphatic carbocycles. The predicted molar refractivity (Wildman–Crippen MR) is 109 cm³/mol. The molecule has 0 unspecified atom stereocenters. The Kier molecular flexibility index (Phi) is 6.32. The van der Waals surface area contributed by atoms with Crippen molar-refractivity contribution >= 4 is 45.9 Å². The standard InChI is InChI=1S/C19H24N2OS.BrH/c1-19(2,3)15-9-7-14(8-10-15)13-16-17(22)20-18(23-16)21-11-5-4-6-12-21;/h7-10,13H,4-6,11-12H2,1-3H3;1H/b16-13-;. The number of piperidine rings is 1. The molecular weight excluding hydrogens is 384 g/mol. The highest BCUT2D eigenvalue weighted by Crippen LogP contribution is 2.32. The second-order valence-electron chi connectivity index (χ2n) is 7.23. The summed E-state index contributed by atoms with van der Waals surface area (Å²) in [6.07, 6.45) is 5.63. The number of amides is 1. The molecule has 0 atom stereocenters. The Hall–Kier alpha value is -1.07. The number of halogens is 1. The molecule has 0 spiro atoms. The van der Waals surface area contributed by atoms with Crippen molar-refractivity contribution in [2.75, 3.05) is 13.1 Å². The van der Waals surface area contributed by atoms with E-state index >= 15 is 0 Å². The van der Waals surface area contributed by atoms with Crippen molar-refractivity contribution in [3.8, 4) is 0 Å². The van der Waals surface area contributed by atoms with Gasteiger partial charge in [-0.25, -0.2) is 0 Å². The van der Waals surface area contributed by atoms with E-state index in [-0.39, 0.29) is 28.3 Å². The first-order chi connectivity index (χ1) is 10.9. The number of hydrogen-bond acceptors (Lipinski definition) is 3. The maximum atomic E-state index is 12.2. The average molecular weight is 409 g/mol. The first-order valence-corrected chi connectivity index (χ1v) is 9.13. The van der Waals surface area contributed by atoms with Crippen LogP contribution in [0.25, 0.3) is 6.08 Å². The molecule has 0 aromatic heterocycles. The molecule has 130 valence electrons. The fraction of sp³-hybridized carbons (Fsp3) is 0.474. The van der Waals surface area contributed by atoms with Crippen LogP contribution in [0.1, 0.15) is 51.2 Å². The first kappa shape index (κ1) is 19.3. The lowest BCUT2D eigenvalue weighted by atomic mass is 9.87. The largest absolute Gasteiger partial charge is 0.351 e. The van der Waals surface area contributed by atoms with Crippen LogP contribution < -0.4 is 0 Å². The highest BCUT2D eigenvalue weighted by Gasteiger charge is 2.26. The molecule has 24 heavy (non-hydrogen) atoms. The minimum atomic E-state index is -0.101. The topological polar surface area (TPSA) is 32.7 Å². The van der Waals surface area contributed by atoms with Crippen LogP contribution in [-0.4, -0.2) is 29.1 Å². The van der Waals surface area contributed by atoms with E-state index in [2.05, 4.69) is 54.9 Å². The Morgan fingerprint density at radius 2 is 1.71 bits per heavy atom. The molecular formula is C19H25BrN2OS. The Labute approximate surface area is 159 Å². The second-order valence-corrected chi connectivity index (χ2v) is 8.24. The lowest BCUT2D eigenvalue weighted by Gasteiger charge is -2.27. The van der Waals surface area contributed by atoms with E-state index in [1.165, 1.54) is 36.6 Å². The Balaban J connectivity index is 0.00000208. The van der Waals surface area contributed by atoms with Crippen molar-refractivity contribution in [1.29, 1.82) is 0 Å². The third kappa shape index (κ3) is 4.51. The van der Waals surface area contributed by atoms with Crippen molar-refractivity contribution in [2.24, 2.45) is 4.99 Å². The second kappa shape index (κ2) is 7.87. The number of rotatable bonds is 1. The summed E-state index contributed by atoms with van der Waals surface area (Å²) in [7, 11) is 0. The van der Waals surface area contributed by atoms with E-state index < -0.39 is 0 Å². The summed E-state index contributed by atoms with van der Waals surface area (Å²) in [5.74, 6) is -0.101. The molecule has 1 aromatic rings. The van der Waals surface area contributed by atoms with Gasteiger partial charge in [-0.1, -0.05) is 45.0 Å². The summed E-state index contributed by atoms with van der Waals surface area (Å²) in [6, 6.07) is 8.45. The van der Waals surface area contributed by atoms with E-state index in [1.54, 1.807) is 0 Å². The van der Waals surface area contributed by atoms with Crippen molar-refractivity contribution in [3.63, 3.8) is 0 Å². The third-order valence-electron chi connectivity index (χ3n) is 4.31. The van der Waals surface area contributed by atoms with Crippen LogP contribution in [0.5, 0.6) is 0 Å². The predicted octanol–water partition coefficient (Wildman–Crippen LogP) is 5.02. The quantitative estimate of drug-likeness (QED) is 0.611. The summed E-state index contributed by atoms with van der Waals surface area (Å²) in [5, 5.41) is 0.882. The number of carbonyl (C=O) groups excluding carboxylic acids is 1. The molecule has 3 rings (SSSR count). The van der Waals surface area contributed by atoms with E-state index in [0.29, 0.717) is 0 Å². The zero-order chi connectivity index (χ0) is 16.4. The number of thioether (sulfide) groups is 1. The Morgan fingerprint density at radius 1 is 1.08 bits per heavy atom. The van der Waals surface area contributed by atoms with Gasteiger partial charge in [0.25, 0.3) is 5.91 Å². The number of hydrogen-bond donors (Lipinski definition) is 0. The van der Waals surface area contributed by atoms with Gasteiger partial charge in [-0.15, -0.1) is 17.0 Å². The SMILES string of the molecule is Br.CC(C)(C)c1ccc(/C=C2\SC(N3CCCCC3)=NC2=O)cc1. The van der Waals surface area contributed by atoms with Crippen molar-refractivity contribution in [2.45, 2.75) is 45.4 Å². The molecule has 2 heterocycles. The van der Waals surface area contributed by atoms with Crippen LogP contribution in [0, 0.1) is 0 Å². The Morgan fingerprint density at radius 3 is 2.29 bits per heavy atom. The van der Waals surface area contributed by atoms with Crippen LogP contribution in [0.4, 0.5) is 0 Å². The van der Waals surface area contributed by atoms with Gasteiger partial charge in [0, 0.05) is 13.1 Å². The Bertz CT molecular complexity index is 653. The molecule has 0 N–H and O–H groups in total. The maximum Gasteiger partial charge on any atom is 0.286 e. The van der Waals surface area contributed by atoms with Gasteiger partial charge in [0.15, 0.2) is 5.17 Å². The number of aliphatic imine (C=N–C) groups is 1. The lowest BCUT2D eigenvalue weighted by molar-refractivity contribution is -0.113. The van der Waals surface area contributed by atoms with E-state index in [9.17, 15) is 4.79 Å². The third-order valence-corrected chi connectivity index (χ3v) is 5.35. The number of carbonyl (C=O) groups is 1. The minimum Gasteiger partial charge on any atom is -0.351 e. The maximum absolute atomic E-state index is 12.2. The van der Waals surface area contributed by atoms with Gasteiger partial charge < -0.3 is 4.90 Å². The molecule has 1 fully saturated rings. The molecule has 0 radical (unpaired) electrons. The molecule has 1 saturated heterocycles. The smallest absolute Gasteiger partial charge is 0.286 e. The van der Waals surface area contributed by atoms with E-state index in [4.69, 9.17) is 0 Å². The zero-order valence-electron chi connectivity index (χ0n) is 14.5. The molecule has 0 bridgehead atoms. The van der Waals surface area contributed by atoms with Crippen molar-refractivity contribution in [1.82, 2.24) is 4.90 Å². The summed E-state index contributed by atoms with van der Waals surface area (Å²) >= 11 is 1.52. The van der Waals surface area contributed by atoms with Gasteiger partial charge >= 0.3 is 0 Å². The first-order valence-electron chi connectivity index (χ1n) is 8.31. The summed E-state index contributed by atoms with van der Waals surface area (Å²) in [5.41, 5.74) is 2.51. The molecule has 1 amide bonds. The minimum absolute atomic E-state index is 0. The highest BCUT2D eigenvalue weighted by molar-refractivity contribution is 8.93. The van der Waals surface area contributed by atoms with E-state index in [1.807, 2.05) is 6.08 Å². The fourth-order valence-electron chi connectivity index (χ4n) is 2.85. The van der Waals surface area contributed by atoms with Gasteiger partial charge in [0.05, 0.1) is 4.91 Å². The van der Waals surface area contributed by atoms with Crippen molar-refractivity contribution < 1.29 is 4.79 Å². The molecule has 5 heteroatoms. The van der Waals surface area contributed by atoms with Gasteiger partial charge in [0.1, 0.15) is 0 Å². The monoisotopic (exact) mass is 408 g/mol. The molecule has 2 aliphatic rings.